The Morgan fingerprint density at radius 3 is 2.00 bits per heavy atom. The number of pyridine rings is 1. The topological polar surface area (TPSA) is 173 Å². The Morgan fingerprint density at radius 1 is 0.896 bits per heavy atom. The van der Waals surface area contributed by atoms with Gasteiger partial charge in [-0.3, -0.25) is 29.2 Å². The van der Waals surface area contributed by atoms with E-state index in [9.17, 15) is 29.2 Å². The van der Waals surface area contributed by atoms with Crippen molar-refractivity contribution in [1.82, 2.24) is 31.5 Å². The van der Waals surface area contributed by atoms with Crippen LogP contribution in [0.15, 0.2) is 24.5 Å². The largest absolute Gasteiger partial charge is 0.355 e. The van der Waals surface area contributed by atoms with E-state index in [1.165, 1.54) is 29.4 Å². The van der Waals surface area contributed by atoms with Gasteiger partial charge in [-0.15, -0.1) is 0 Å². The third-order valence-corrected chi connectivity index (χ3v) is 7.94. The van der Waals surface area contributed by atoms with Crippen molar-refractivity contribution < 1.29 is 33.9 Å². The SMILES string of the molecule is CCC[C@@H](C(=O)N[C@H](CN[C@@H](C)C(=O)N[C@H](C(=O)NCC)C(C)C)CC(C)C)N(C)C(=O)[C@H](CC(C)(C)C)NC(=O)c1cc[n+](O)cc1. The van der Waals surface area contributed by atoms with E-state index in [1.54, 1.807) is 14.0 Å². The first-order valence-corrected chi connectivity index (χ1v) is 17.2. The second-order valence-corrected chi connectivity index (χ2v) is 14.6. The fourth-order valence-corrected chi connectivity index (χ4v) is 5.37. The van der Waals surface area contributed by atoms with Gasteiger partial charge in [-0.2, -0.15) is 0 Å². The van der Waals surface area contributed by atoms with Crippen molar-refractivity contribution in [3.63, 3.8) is 0 Å². The zero-order chi connectivity index (χ0) is 36.8. The van der Waals surface area contributed by atoms with E-state index < -0.39 is 30.1 Å². The predicted octanol–water partition coefficient (Wildman–Crippen LogP) is 2.16. The Hall–Kier alpha value is -3.74. The number of nitrogens with one attached hydrogen (secondary N) is 5. The van der Waals surface area contributed by atoms with E-state index in [4.69, 9.17) is 0 Å². The molecule has 0 saturated heterocycles. The number of aromatic nitrogens is 1. The molecule has 0 aliphatic carbocycles. The van der Waals surface area contributed by atoms with Crippen molar-refractivity contribution >= 4 is 29.5 Å². The van der Waals surface area contributed by atoms with Gasteiger partial charge in [0.1, 0.15) is 18.1 Å². The maximum atomic E-state index is 13.9. The van der Waals surface area contributed by atoms with Crippen molar-refractivity contribution in [3.8, 4) is 0 Å². The molecule has 0 fully saturated rings. The molecule has 0 unspecified atom stereocenters. The highest BCUT2D eigenvalue weighted by molar-refractivity contribution is 5.98. The highest BCUT2D eigenvalue weighted by atomic mass is 16.5. The number of carbonyl (C=O) groups excluding carboxylic acids is 5. The molecule has 48 heavy (non-hydrogen) atoms. The van der Waals surface area contributed by atoms with Crippen LogP contribution in [0.25, 0.3) is 0 Å². The first-order chi connectivity index (χ1) is 22.3. The van der Waals surface area contributed by atoms with Crippen molar-refractivity contribution in [1.29, 1.82) is 0 Å². The molecule has 13 heteroatoms. The molecule has 0 spiro atoms. The van der Waals surface area contributed by atoms with Crippen molar-refractivity contribution in [2.24, 2.45) is 17.3 Å². The molecule has 13 nitrogen and oxygen atoms in total. The van der Waals surface area contributed by atoms with Gasteiger partial charge in [0, 0.05) is 43.0 Å². The normalized spacial score (nSPS) is 14.8. The summed E-state index contributed by atoms with van der Waals surface area (Å²) < 4.78 is 0.824. The van der Waals surface area contributed by atoms with Crippen LogP contribution in [0.1, 0.15) is 105 Å². The van der Waals surface area contributed by atoms with Crippen LogP contribution in [0.3, 0.4) is 0 Å². The van der Waals surface area contributed by atoms with Crippen LogP contribution < -0.4 is 31.3 Å². The molecule has 0 saturated carbocycles. The lowest BCUT2D eigenvalue weighted by atomic mass is 9.87. The van der Waals surface area contributed by atoms with Crippen LogP contribution in [-0.2, 0) is 19.2 Å². The minimum Gasteiger partial charge on any atom is -0.355 e. The first kappa shape index (κ1) is 42.3. The third-order valence-electron chi connectivity index (χ3n) is 7.94. The summed E-state index contributed by atoms with van der Waals surface area (Å²) in [6.45, 7) is 20.0. The highest BCUT2D eigenvalue weighted by Gasteiger charge is 2.35. The van der Waals surface area contributed by atoms with E-state index in [0.717, 1.165) is 4.73 Å². The molecule has 5 atom stereocenters. The number of carbonyl (C=O) groups is 5. The van der Waals surface area contributed by atoms with Crippen LogP contribution in [0.5, 0.6) is 0 Å². The lowest BCUT2D eigenvalue weighted by Crippen LogP contribution is -2.58. The number of hydrogen-bond acceptors (Lipinski definition) is 7. The summed E-state index contributed by atoms with van der Waals surface area (Å²) in [6.07, 6.45) is 4.68. The molecule has 1 rings (SSSR count). The zero-order valence-corrected chi connectivity index (χ0v) is 31.0. The van der Waals surface area contributed by atoms with Crippen molar-refractivity contribution in [2.45, 2.75) is 125 Å². The minimum absolute atomic E-state index is 0.0981. The van der Waals surface area contributed by atoms with Gasteiger partial charge in [-0.25, -0.2) is 0 Å². The van der Waals surface area contributed by atoms with Gasteiger partial charge in [-0.05, 0) is 50.4 Å². The summed E-state index contributed by atoms with van der Waals surface area (Å²) >= 11 is 0. The maximum absolute atomic E-state index is 13.9. The highest BCUT2D eigenvalue weighted by Crippen LogP contribution is 2.23. The minimum atomic E-state index is -0.891. The van der Waals surface area contributed by atoms with Crippen LogP contribution in [-0.4, -0.2) is 90.0 Å². The Morgan fingerprint density at radius 2 is 1.50 bits per heavy atom. The van der Waals surface area contributed by atoms with E-state index >= 15 is 0 Å². The summed E-state index contributed by atoms with van der Waals surface area (Å²) in [4.78, 5) is 67.7. The lowest BCUT2D eigenvalue weighted by molar-refractivity contribution is -0.904. The molecule has 0 bridgehead atoms. The third kappa shape index (κ3) is 14.6. The summed E-state index contributed by atoms with van der Waals surface area (Å²) in [7, 11) is 1.59. The number of nitrogens with zero attached hydrogens (tertiary/aromatic N) is 2. The Bertz CT molecular complexity index is 1200. The Kier molecular flexibility index (Phi) is 17.6. The average Bonchev–Trinajstić information content (AvgIpc) is 2.99. The molecule has 1 aromatic heterocycles. The molecule has 6 N–H and O–H groups in total. The van der Waals surface area contributed by atoms with E-state index in [0.29, 0.717) is 38.8 Å². The first-order valence-electron chi connectivity index (χ1n) is 17.2. The standard InChI is InChI=1S/C35H61N7O6/c1-12-14-28(41(11)34(47)27(20-35(8,9)10)39-31(44)25-15-17-42(48)18-16-25)32(45)38-26(19-22(3)4)21-37-24(7)30(43)40-29(23(5)6)33(46)36-13-2/h15-18,22-24,26-29,37H,12-14,19-21H2,1-11H3,(H4-,36,38,39,40,43,44,45,46,48)/p+1/t24-,26-,27-,28-,29-/m0/s1. The second-order valence-electron chi connectivity index (χ2n) is 14.6. The number of rotatable bonds is 19. The summed E-state index contributed by atoms with van der Waals surface area (Å²) in [5, 5.41) is 24.3. The molecule has 0 aromatic carbocycles. The summed E-state index contributed by atoms with van der Waals surface area (Å²) in [5.41, 5.74) is -0.0262. The molecule has 0 radical (unpaired) electrons. The Balaban J connectivity index is 3.10. The molecular weight excluding hydrogens is 614 g/mol. The zero-order valence-electron chi connectivity index (χ0n) is 31.0. The number of amides is 5. The van der Waals surface area contributed by atoms with Gasteiger partial charge >= 0.3 is 0 Å². The van der Waals surface area contributed by atoms with Crippen LogP contribution in [0.2, 0.25) is 0 Å². The smallest absolute Gasteiger partial charge is 0.252 e. The maximum Gasteiger partial charge on any atom is 0.252 e. The van der Waals surface area contributed by atoms with Crippen molar-refractivity contribution in [3.05, 3.63) is 30.1 Å². The quantitative estimate of drug-likeness (QED) is 0.0963. The van der Waals surface area contributed by atoms with Gasteiger partial charge in [0.15, 0.2) is 0 Å². The summed E-state index contributed by atoms with van der Waals surface area (Å²) in [6, 6.07) is -0.407. The molecule has 272 valence electrons. The van der Waals surface area contributed by atoms with E-state index in [-0.39, 0.29) is 52.5 Å². The second kappa shape index (κ2) is 19.9. The average molecular weight is 677 g/mol. The number of hydrogen-bond donors (Lipinski definition) is 6. The molecule has 0 aliphatic heterocycles. The van der Waals surface area contributed by atoms with Crippen molar-refractivity contribution in [2.75, 3.05) is 20.1 Å². The molecule has 5 amide bonds. The van der Waals surface area contributed by atoms with Gasteiger partial charge in [-0.1, -0.05) is 61.8 Å². The van der Waals surface area contributed by atoms with Gasteiger partial charge < -0.3 is 31.5 Å². The Labute approximate surface area is 287 Å². The van der Waals surface area contributed by atoms with Gasteiger partial charge in [0.05, 0.1) is 11.6 Å². The van der Waals surface area contributed by atoms with E-state index in [2.05, 4.69) is 26.6 Å². The van der Waals surface area contributed by atoms with E-state index in [1.807, 2.05) is 62.3 Å². The van der Waals surface area contributed by atoms with Gasteiger partial charge in [0.25, 0.3) is 5.91 Å². The van der Waals surface area contributed by atoms with Gasteiger partial charge in [0.2, 0.25) is 36.0 Å². The molecular formula is C35H62N7O6+. The molecule has 1 aromatic rings. The monoisotopic (exact) mass is 676 g/mol. The van der Waals surface area contributed by atoms with Crippen LogP contribution in [0, 0.1) is 17.3 Å². The fraction of sp³-hybridized carbons (Fsp3) is 0.714. The molecule has 0 aliphatic rings. The number of likely N-dealkylation sites (N-methyl/N-ethyl adjacent to an activating group) is 2. The van der Waals surface area contributed by atoms with Crippen LogP contribution in [0.4, 0.5) is 0 Å². The molecule has 1 heterocycles. The fourth-order valence-electron chi connectivity index (χ4n) is 5.37. The summed E-state index contributed by atoms with van der Waals surface area (Å²) in [5.74, 6) is -1.57. The lowest BCUT2D eigenvalue weighted by Gasteiger charge is -2.34. The van der Waals surface area contributed by atoms with Crippen LogP contribution >= 0.6 is 0 Å². The predicted molar refractivity (Wildman–Crippen MR) is 185 cm³/mol.